The lowest BCUT2D eigenvalue weighted by Gasteiger charge is -2.11. The SMILES string of the molecule is CNC(=O)C(C#N)=Cc1cc(C)n(-c2sc3c(c2C(=O)O)CCCC3)c1C. The Morgan fingerprint density at radius 1 is 1.33 bits per heavy atom. The molecule has 27 heavy (non-hydrogen) atoms. The molecule has 3 rings (SSSR count). The number of thiophene rings is 1. The van der Waals surface area contributed by atoms with Crippen LogP contribution in [0.3, 0.4) is 0 Å². The number of carboxylic acids is 1. The smallest absolute Gasteiger partial charge is 0.339 e. The van der Waals surface area contributed by atoms with Crippen LogP contribution in [0.4, 0.5) is 0 Å². The Kier molecular flexibility index (Phi) is 5.19. The van der Waals surface area contributed by atoms with Gasteiger partial charge in [0.25, 0.3) is 5.91 Å². The number of fused-ring (bicyclic) bond motifs is 1. The summed E-state index contributed by atoms with van der Waals surface area (Å²) in [7, 11) is 1.48. The number of nitrogens with zero attached hydrogens (tertiary/aromatic N) is 2. The van der Waals surface area contributed by atoms with E-state index in [0.29, 0.717) is 10.6 Å². The second-order valence-electron chi connectivity index (χ2n) is 6.61. The van der Waals surface area contributed by atoms with Crippen molar-refractivity contribution in [1.82, 2.24) is 9.88 Å². The second kappa shape index (κ2) is 7.41. The maximum absolute atomic E-state index is 12.0. The molecular formula is C20H21N3O3S. The van der Waals surface area contributed by atoms with Crippen molar-refractivity contribution in [3.05, 3.63) is 44.6 Å². The van der Waals surface area contributed by atoms with Gasteiger partial charge in [-0.15, -0.1) is 11.3 Å². The summed E-state index contributed by atoms with van der Waals surface area (Å²) in [6.45, 7) is 3.78. The van der Waals surface area contributed by atoms with Crippen molar-refractivity contribution >= 4 is 29.3 Å². The number of amides is 1. The van der Waals surface area contributed by atoms with Gasteiger partial charge in [0.15, 0.2) is 0 Å². The van der Waals surface area contributed by atoms with Crippen LogP contribution in [0.1, 0.15) is 50.6 Å². The van der Waals surface area contributed by atoms with Crippen molar-refractivity contribution in [1.29, 1.82) is 5.26 Å². The van der Waals surface area contributed by atoms with Gasteiger partial charge in [-0.1, -0.05) is 0 Å². The monoisotopic (exact) mass is 383 g/mol. The highest BCUT2D eigenvalue weighted by Gasteiger charge is 2.27. The zero-order chi connectivity index (χ0) is 19.7. The Bertz CT molecular complexity index is 1000. The van der Waals surface area contributed by atoms with Gasteiger partial charge in [0.2, 0.25) is 0 Å². The molecule has 0 aliphatic heterocycles. The highest BCUT2D eigenvalue weighted by atomic mass is 32.1. The maximum Gasteiger partial charge on any atom is 0.339 e. The Balaban J connectivity index is 2.18. The van der Waals surface area contributed by atoms with Crippen LogP contribution in [0, 0.1) is 25.2 Å². The lowest BCUT2D eigenvalue weighted by Crippen LogP contribution is -2.19. The van der Waals surface area contributed by atoms with Gasteiger partial charge in [-0.25, -0.2) is 4.79 Å². The predicted molar refractivity (Wildman–Crippen MR) is 104 cm³/mol. The number of rotatable bonds is 4. The quantitative estimate of drug-likeness (QED) is 0.625. The first kappa shape index (κ1) is 18.9. The molecule has 2 aromatic heterocycles. The zero-order valence-electron chi connectivity index (χ0n) is 15.5. The molecule has 140 valence electrons. The van der Waals surface area contributed by atoms with Gasteiger partial charge < -0.3 is 15.0 Å². The van der Waals surface area contributed by atoms with Crippen molar-refractivity contribution in [3.63, 3.8) is 0 Å². The van der Waals surface area contributed by atoms with E-state index in [1.807, 2.05) is 30.6 Å². The van der Waals surface area contributed by atoms with Crippen molar-refractivity contribution in [2.75, 3.05) is 7.05 Å². The second-order valence-corrected chi connectivity index (χ2v) is 7.69. The largest absolute Gasteiger partial charge is 0.478 e. The van der Waals surface area contributed by atoms with Crippen molar-refractivity contribution < 1.29 is 14.7 Å². The Labute approximate surface area is 161 Å². The van der Waals surface area contributed by atoms with Gasteiger partial charge in [-0.05, 0) is 62.8 Å². The summed E-state index contributed by atoms with van der Waals surface area (Å²) in [5, 5.41) is 22.2. The number of nitrogens with one attached hydrogen (secondary N) is 1. The molecule has 1 amide bonds. The molecular weight excluding hydrogens is 362 g/mol. The van der Waals surface area contributed by atoms with E-state index >= 15 is 0 Å². The van der Waals surface area contributed by atoms with Crippen molar-refractivity contribution in [2.24, 2.45) is 0 Å². The minimum Gasteiger partial charge on any atom is -0.478 e. The van der Waals surface area contributed by atoms with Crippen molar-refractivity contribution in [3.8, 4) is 11.1 Å². The number of carbonyl (C=O) groups is 2. The highest BCUT2D eigenvalue weighted by Crippen LogP contribution is 2.38. The van der Waals surface area contributed by atoms with E-state index in [2.05, 4.69) is 5.32 Å². The summed E-state index contributed by atoms with van der Waals surface area (Å²) in [5.74, 6) is -1.35. The molecule has 0 saturated carbocycles. The normalized spacial score (nSPS) is 13.8. The molecule has 0 aromatic carbocycles. The number of hydrogen-bond acceptors (Lipinski definition) is 4. The van der Waals surface area contributed by atoms with Crippen LogP contribution in [0.25, 0.3) is 11.1 Å². The van der Waals surface area contributed by atoms with Crippen LogP contribution >= 0.6 is 11.3 Å². The van der Waals surface area contributed by atoms with E-state index in [1.54, 1.807) is 6.08 Å². The Morgan fingerprint density at radius 3 is 2.67 bits per heavy atom. The molecule has 0 fully saturated rings. The number of aryl methyl sites for hydroxylation is 2. The van der Waals surface area contributed by atoms with Crippen molar-refractivity contribution in [2.45, 2.75) is 39.5 Å². The van der Waals surface area contributed by atoms with E-state index in [-0.39, 0.29) is 5.57 Å². The number of nitriles is 1. The molecule has 0 unspecified atom stereocenters. The number of aromatic nitrogens is 1. The minimum absolute atomic E-state index is 0.0154. The Morgan fingerprint density at radius 2 is 2.04 bits per heavy atom. The molecule has 1 aliphatic carbocycles. The van der Waals surface area contributed by atoms with Gasteiger partial charge in [-0.3, -0.25) is 4.79 Å². The van der Waals surface area contributed by atoms with Crippen LogP contribution in [0.5, 0.6) is 0 Å². The lowest BCUT2D eigenvalue weighted by atomic mass is 9.95. The first-order valence-corrected chi connectivity index (χ1v) is 9.61. The highest BCUT2D eigenvalue weighted by molar-refractivity contribution is 7.15. The molecule has 0 saturated heterocycles. The average Bonchev–Trinajstić information content (AvgIpc) is 3.15. The van der Waals surface area contributed by atoms with Gasteiger partial charge in [0.05, 0.1) is 5.56 Å². The zero-order valence-corrected chi connectivity index (χ0v) is 16.4. The number of hydrogen-bond donors (Lipinski definition) is 2. The number of carbonyl (C=O) groups excluding carboxylic acids is 1. The van der Waals surface area contributed by atoms with Crippen LogP contribution < -0.4 is 5.32 Å². The summed E-state index contributed by atoms with van der Waals surface area (Å²) in [6.07, 6.45) is 5.36. The standard InChI is InChI=1S/C20H21N3O3S/c1-11-8-13(9-14(10-21)18(24)22-3)12(2)23(11)19-17(20(25)26)15-6-4-5-7-16(15)27-19/h8-9H,4-7H2,1-3H3,(H,22,24)(H,25,26). The fourth-order valence-electron chi connectivity index (χ4n) is 3.61. The van der Waals surface area contributed by atoms with E-state index in [0.717, 1.165) is 53.1 Å². The van der Waals surface area contributed by atoms with Crippen LogP contribution in [0.2, 0.25) is 0 Å². The van der Waals surface area contributed by atoms with Crippen LogP contribution in [0.15, 0.2) is 11.6 Å². The predicted octanol–water partition coefficient (Wildman–Crippen LogP) is 3.39. The fourth-order valence-corrected chi connectivity index (χ4v) is 5.11. The average molecular weight is 383 g/mol. The van der Waals surface area contributed by atoms with E-state index in [1.165, 1.54) is 18.4 Å². The summed E-state index contributed by atoms with van der Waals surface area (Å²) < 4.78 is 1.93. The molecule has 0 atom stereocenters. The molecule has 6 nitrogen and oxygen atoms in total. The summed E-state index contributed by atoms with van der Waals surface area (Å²) in [4.78, 5) is 25.0. The molecule has 0 radical (unpaired) electrons. The van der Waals surface area contributed by atoms with Gasteiger partial charge >= 0.3 is 5.97 Å². The number of likely N-dealkylation sites (N-methyl/N-ethyl adjacent to an activating group) is 1. The molecule has 2 aromatic rings. The molecule has 2 heterocycles. The first-order valence-electron chi connectivity index (χ1n) is 8.80. The number of carboxylic acid groups (broad SMARTS) is 1. The molecule has 1 aliphatic rings. The third-order valence-corrected chi connectivity index (χ3v) is 6.21. The van der Waals surface area contributed by atoms with E-state index < -0.39 is 11.9 Å². The summed E-state index contributed by atoms with van der Waals surface area (Å²) >= 11 is 1.54. The third-order valence-electron chi connectivity index (χ3n) is 4.93. The first-order chi connectivity index (χ1) is 12.9. The van der Waals surface area contributed by atoms with Crippen LogP contribution in [-0.4, -0.2) is 28.6 Å². The number of aromatic carboxylic acids is 1. The minimum atomic E-state index is -0.905. The topological polar surface area (TPSA) is 95.1 Å². The van der Waals surface area contributed by atoms with Crippen LogP contribution in [-0.2, 0) is 17.6 Å². The van der Waals surface area contributed by atoms with Gasteiger partial charge in [0.1, 0.15) is 16.6 Å². The molecule has 2 N–H and O–H groups in total. The van der Waals surface area contributed by atoms with Gasteiger partial charge in [0, 0.05) is 23.3 Å². The molecule has 7 heteroatoms. The molecule has 0 bridgehead atoms. The third kappa shape index (κ3) is 3.28. The van der Waals surface area contributed by atoms with Gasteiger partial charge in [-0.2, -0.15) is 5.26 Å². The lowest BCUT2D eigenvalue weighted by molar-refractivity contribution is -0.116. The summed E-state index contributed by atoms with van der Waals surface area (Å²) in [6, 6.07) is 3.79. The van der Waals surface area contributed by atoms with E-state index in [9.17, 15) is 20.0 Å². The van der Waals surface area contributed by atoms with E-state index in [4.69, 9.17) is 0 Å². The molecule has 0 spiro atoms. The fraction of sp³-hybridized carbons (Fsp3) is 0.350. The Hall–Kier alpha value is -2.85. The summed E-state index contributed by atoms with van der Waals surface area (Å²) in [5.41, 5.74) is 3.77. The maximum atomic E-state index is 12.0.